The molecule has 1 amide bonds. The second kappa shape index (κ2) is 7.07. The Morgan fingerprint density at radius 2 is 2.14 bits per heavy atom. The van der Waals surface area contributed by atoms with E-state index in [9.17, 15) is 9.59 Å². The molecule has 152 valence electrons. The van der Waals surface area contributed by atoms with E-state index in [1.165, 1.54) is 6.33 Å². The molecule has 4 rings (SSSR count). The van der Waals surface area contributed by atoms with Crippen LogP contribution in [-0.2, 0) is 9.53 Å². The van der Waals surface area contributed by atoms with Crippen molar-refractivity contribution in [1.29, 1.82) is 0 Å². The first-order valence-corrected chi connectivity index (χ1v) is 10.1. The van der Waals surface area contributed by atoms with Crippen molar-refractivity contribution in [2.75, 3.05) is 19.7 Å². The molecule has 0 saturated carbocycles. The number of Topliss-reactive ketones (excluding diaryl/α,β-unsaturated/α-hetero) is 1. The van der Waals surface area contributed by atoms with Gasteiger partial charge in [0.1, 0.15) is 18.3 Å². The molecule has 9 heteroatoms. The zero-order valence-electron chi connectivity index (χ0n) is 16.3. The van der Waals surface area contributed by atoms with E-state index >= 15 is 0 Å². The molecule has 2 aromatic rings. The molecule has 1 atom stereocenters. The number of rotatable bonds is 2. The Kier molecular flexibility index (Phi) is 4.82. The Morgan fingerprint density at radius 1 is 1.34 bits per heavy atom. The number of nitrogens with zero attached hydrogens (tertiary/aromatic N) is 4. The van der Waals surface area contributed by atoms with Gasteiger partial charge in [-0.2, -0.15) is 5.10 Å². The van der Waals surface area contributed by atoms with Crippen LogP contribution in [0.15, 0.2) is 47.1 Å². The van der Waals surface area contributed by atoms with E-state index < -0.39 is 11.0 Å². The van der Waals surface area contributed by atoms with Gasteiger partial charge < -0.3 is 15.4 Å². The first-order chi connectivity index (χ1) is 13.7. The number of ether oxygens (including phenoxy) is 1. The van der Waals surface area contributed by atoms with Gasteiger partial charge in [0.05, 0.1) is 30.1 Å². The molecule has 1 aromatic carbocycles. The number of nitrogens with two attached hydrogens (primary N) is 1. The number of morpholine rings is 1. The van der Waals surface area contributed by atoms with E-state index in [1.807, 2.05) is 26.0 Å². The number of hydrogen-bond donors (Lipinski definition) is 1. The van der Waals surface area contributed by atoms with Gasteiger partial charge in [0, 0.05) is 16.4 Å². The van der Waals surface area contributed by atoms with E-state index in [0.717, 1.165) is 4.47 Å². The summed E-state index contributed by atoms with van der Waals surface area (Å²) in [6, 6.07) is 5.42. The lowest BCUT2D eigenvalue weighted by atomic mass is 9.71. The number of benzene rings is 1. The topological polar surface area (TPSA) is 103 Å². The number of hydrogen-bond acceptors (Lipinski definition) is 6. The Labute approximate surface area is 176 Å². The Morgan fingerprint density at radius 3 is 2.83 bits per heavy atom. The third-order valence-electron chi connectivity index (χ3n) is 5.39. The normalized spacial score (nSPS) is 23.9. The lowest BCUT2D eigenvalue weighted by molar-refractivity contribution is -0.135. The Balaban J connectivity index is 1.67. The van der Waals surface area contributed by atoms with Crippen molar-refractivity contribution < 1.29 is 14.3 Å². The Hall–Kier alpha value is -2.52. The highest BCUT2D eigenvalue weighted by Gasteiger charge is 2.48. The molecule has 1 spiro atoms. The SMILES string of the molecule is CC1(C)CC2(C=C(N)C1=O)CN(C(=O)c1ccc(Br)cc1-n1cncn1)CCO2. The van der Waals surface area contributed by atoms with Gasteiger partial charge in [-0.25, -0.2) is 9.67 Å². The zero-order chi connectivity index (χ0) is 20.8. The number of aromatic nitrogens is 3. The minimum atomic E-state index is -0.766. The first kappa shape index (κ1) is 19.8. The van der Waals surface area contributed by atoms with Crippen LogP contribution in [0.2, 0.25) is 0 Å². The molecule has 1 aromatic heterocycles. The van der Waals surface area contributed by atoms with Crippen LogP contribution in [0.1, 0.15) is 30.6 Å². The van der Waals surface area contributed by atoms with Crippen molar-refractivity contribution in [3.8, 4) is 5.69 Å². The average molecular weight is 460 g/mol. The van der Waals surface area contributed by atoms with E-state index in [4.69, 9.17) is 10.5 Å². The highest BCUT2D eigenvalue weighted by Crippen LogP contribution is 2.40. The van der Waals surface area contributed by atoms with Crippen molar-refractivity contribution >= 4 is 27.6 Å². The third-order valence-corrected chi connectivity index (χ3v) is 5.88. The Bertz CT molecular complexity index is 1000. The van der Waals surface area contributed by atoms with Crippen LogP contribution in [-0.4, -0.2) is 56.7 Å². The fourth-order valence-corrected chi connectivity index (χ4v) is 4.52. The van der Waals surface area contributed by atoms with Crippen LogP contribution in [0.3, 0.4) is 0 Å². The molecule has 1 fully saturated rings. The van der Waals surface area contributed by atoms with Crippen molar-refractivity contribution in [3.63, 3.8) is 0 Å². The molecule has 1 unspecified atom stereocenters. The molecule has 1 aliphatic heterocycles. The lowest BCUT2D eigenvalue weighted by Crippen LogP contribution is -2.57. The van der Waals surface area contributed by atoms with Gasteiger partial charge in [0.15, 0.2) is 5.78 Å². The van der Waals surface area contributed by atoms with Crippen LogP contribution in [0.4, 0.5) is 0 Å². The smallest absolute Gasteiger partial charge is 0.256 e. The summed E-state index contributed by atoms with van der Waals surface area (Å²) >= 11 is 3.45. The molecular formula is C20H22BrN5O3. The second-order valence-corrected chi connectivity index (χ2v) is 9.05. The third kappa shape index (κ3) is 3.60. The summed E-state index contributed by atoms with van der Waals surface area (Å²) in [5, 5.41) is 4.16. The molecule has 1 saturated heterocycles. The quantitative estimate of drug-likeness (QED) is 0.736. The van der Waals surface area contributed by atoms with Gasteiger partial charge in [0.2, 0.25) is 0 Å². The monoisotopic (exact) mass is 459 g/mol. The maximum Gasteiger partial charge on any atom is 0.256 e. The number of carbonyl (C=O) groups excluding carboxylic acids is 2. The zero-order valence-corrected chi connectivity index (χ0v) is 17.8. The number of ketones is 1. The van der Waals surface area contributed by atoms with Gasteiger partial charge in [-0.3, -0.25) is 9.59 Å². The minimum absolute atomic E-state index is 0.0865. The largest absolute Gasteiger partial charge is 0.396 e. The van der Waals surface area contributed by atoms with Crippen molar-refractivity contribution in [3.05, 3.63) is 52.7 Å². The second-order valence-electron chi connectivity index (χ2n) is 8.13. The predicted octanol–water partition coefficient (Wildman–Crippen LogP) is 2.08. The molecule has 0 bridgehead atoms. The van der Waals surface area contributed by atoms with Gasteiger partial charge in [-0.1, -0.05) is 29.8 Å². The summed E-state index contributed by atoms with van der Waals surface area (Å²) in [4.78, 5) is 31.5. The molecular weight excluding hydrogens is 438 g/mol. The van der Waals surface area contributed by atoms with E-state index in [-0.39, 0.29) is 17.4 Å². The standard InChI is InChI=1S/C20H22BrN5O3/c1-19(2)9-20(8-15(22)17(19)27)10-25(5-6-29-20)18(28)14-4-3-13(21)7-16(14)26-12-23-11-24-26/h3-4,7-8,11-12H,5-6,9-10,22H2,1-2H3. The first-order valence-electron chi connectivity index (χ1n) is 9.32. The molecule has 29 heavy (non-hydrogen) atoms. The molecule has 2 heterocycles. The fourth-order valence-electron chi connectivity index (χ4n) is 4.17. The van der Waals surface area contributed by atoms with Crippen LogP contribution >= 0.6 is 15.9 Å². The highest BCUT2D eigenvalue weighted by atomic mass is 79.9. The highest BCUT2D eigenvalue weighted by molar-refractivity contribution is 9.10. The summed E-state index contributed by atoms with van der Waals surface area (Å²) in [5.41, 5.74) is 5.94. The summed E-state index contributed by atoms with van der Waals surface area (Å²) in [5.74, 6) is -0.219. The van der Waals surface area contributed by atoms with E-state index in [1.54, 1.807) is 28.1 Å². The van der Waals surface area contributed by atoms with Crippen LogP contribution in [0.5, 0.6) is 0 Å². The number of carbonyl (C=O) groups is 2. The molecule has 2 aliphatic rings. The van der Waals surface area contributed by atoms with Crippen LogP contribution in [0.25, 0.3) is 5.69 Å². The molecule has 8 nitrogen and oxygen atoms in total. The molecule has 0 radical (unpaired) electrons. The van der Waals surface area contributed by atoms with Crippen molar-refractivity contribution in [1.82, 2.24) is 19.7 Å². The van der Waals surface area contributed by atoms with Gasteiger partial charge in [-0.05, 0) is 30.7 Å². The van der Waals surface area contributed by atoms with Crippen LogP contribution < -0.4 is 5.73 Å². The van der Waals surface area contributed by atoms with Gasteiger partial charge >= 0.3 is 0 Å². The molecule has 2 N–H and O–H groups in total. The van der Waals surface area contributed by atoms with Crippen molar-refractivity contribution in [2.24, 2.45) is 11.1 Å². The lowest BCUT2D eigenvalue weighted by Gasteiger charge is -2.46. The average Bonchev–Trinajstić information content (AvgIpc) is 3.20. The van der Waals surface area contributed by atoms with Crippen LogP contribution in [0, 0.1) is 5.41 Å². The van der Waals surface area contributed by atoms with E-state index in [2.05, 4.69) is 26.0 Å². The van der Waals surface area contributed by atoms with E-state index in [0.29, 0.717) is 37.4 Å². The van der Waals surface area contributed by atoms with Gasteiger partial charge in [0.25, 0.3) is 5.91 Å². The fraction of sp³-hybridized carbons (Fsp3) is 0.400. The minimum Gasteiger partial charge on any atom is -0.396 e. The van der Waals surface area contributed by atoms with Gasteiger partial charge in [-0.15, -0.1) is 0 Å². The maximum absolute atomic E-state index is 13.4. The predicted molar refractivity (Wildman–Crippen MR) is 109 cm³/mol. The summed E-state index contributed by atoms with van der Waals surface area (Å²) in [7, 11) is 0. The van der Waals surface area contributed by atoms with Crippen molar-refractivity contribution in [2.45, 2.75) is 25.9 Å². The number of halogens is 1. The molecule has 1 aliphatic carbocycles. The maximum atomic E-state index is 13.4. The summed E-state index contributed by atoms with van der Waals surface area (Å²) in [6.45, 7) is 4.87. The number of amides is 1. The summed E-state index contributed by atoms with van der Waals surface area (Å²) < 4.78 is 8.46. The number of allylic oxidation sites excluding steroid dienone is 1. The summed E-state index contributed by atoms with van der Waals surface area (Å²) in [6.07, 6.45) is 5.13.